The Morgan fingerprint density at radius 1 is 1.21 bits per heavy atom. The quantitative estimate of drug-likeness (QED) is 0.370. The van der Waals surface area contributed by atoms with Crippen molar-refractivity contribution >= 4 is 17.7 Å². The summed E-state index contributed by atoms with van der Waals surface area (Å²) in [6, 6.07) is 9.74. The molecule has 1 saturated heterocycles. The third-order valence-corrected chi connectivity index (χ3v) is 4.69. The monoisotopic (exact) mass is 385 g/mol. The number of likely N-dealkylation sites (tertiary alicyclic amines) is 1. The number of nitrogens with zero attached hydrogens (tertiary/aromatic N) is 1. The molecule has 1 aromatic carbocycles. The number of Topliss-reactive ketones (excluding diaryl/α,β-unsaturated/α-hetero) is 1. The second-order valence-corrected chi connectivity index (χ2v) is 6.73. The van der Waals surface area contributed by atoms with E-state index in [9.17, 15) is 14.4 Å². The summed E-state index contributed by atoms with van der Waals surface area (Å²) in [6.07, 6.45) is 3.82. The molecule has 0 bridgehead atoms. The van der Waals surface area contributed by atoms with Crippen molar-refractivity contribution in [2.75, 3.05) is 26.9 Å². The van der Waals surface area contributed by atoms with Crippen LogP contribution in [0.3, 0.4) is 0 Å². The Balaban J connectivity index is 1.78. The van der Waals surface area contributed by atoms with Gasteiger partial charge in [-0.25, -0.2) is 4.79 Å². The largest absolute Gasteiger partial charge is 0.467 e. The SMILES string of the molecule is COC(=O)COCC#CCN1C(=O)CCC[C@@H]1CCC(=O)Cc1ccccc1. The van der Waals surface area contributed by atoms with E-state index < -0.39 is 5.97 Å². The van der Waals surface area contributed by atoms with Crippen LogP contribution >= 0.6 is 0 Å². The lowest BCUT2D eigenvalue weighted by Crippen LogP contribution is -2.44. The molecule has 0 saturated carbocycles. The maximum atomic E-state index is 12.3. The van der Waals surface area contributed by atoms with Gasteiger partial charge in [0.2, 0.25) is 5.91 Å². The van der Waals surface area contributed by atoms with Crippen LogP contribution in [0.4, 0.5) is 0 Å². The first-order chi connectivity index (χ1) is 13.6. The van der Waals surface area contributed by atoms with Crippen molar-refractivity contribution in [1.29, 1.82) is 0 Å². The summed E-state index contributed by atoms with van der Waals surface area (Å²) in [6.45, 7) is 0.287. The first-order valence-electron chi connectivity index (χ1n) is 9.55. The number of hydrogen-bond donors (Lipinski definition) is 0. The molecular formula is C22H27NO5. The van der Waals surface area contributed by atoms with Crippen LogP contribution in [0, 0.1) is 11.8 Å². The highest BCUT2D eigenvalue weighted by Crippen LogP contribution is 2.22. The second-order valence-electron chi connectivity index (χ2n) is 6.73. The average molecular weight is 385 g/mol. The van der Waals surface area contributed by atoms with Gasteiger partial charge in [0.15, 0.2) is 0 Å². The summed E-state index contributed by atoms with van der Waals surface area (Å²) < 4.78 is 9.54. The molecular weight excluding hydrogens is 358 g/mol. The number of esters is 1. The smallest absolute Gasteiger partial charge is 0.331 e. The molecule has 0 unspecified atom stereocenters. The molecule has 0 radical (unpaired) electrons. The highest BCUT2D eigenvalue weighted by atomic mass is 16.6. The molecule has 1 aromatic rings. The first kappa shape index (κ1) is 21.6. The van der Waals surface area contributed by atoms with Crippen LogP contribution < -0.4 is 0 Å². The van der Waals surface area contributed by atoms with Gasteiger partial charge in [-0.05, 0) is 24.8 Å². The number of amides is 1. The van der Waals surface area contributed by atoms with Gasteiger partial charge in [0.25, 0.3) is 0 Å². The third kappa shape index (κ3) is 7.53. The predicted molar refractivity (Wildman–Crippen MR) is 104 cm³/mol. The Labute approximate surface area is 166 Å². The zero-order valence-corrected chi connectivity index (χ0v) is 16.3. The maximum Gasteiger partial charge on any atom is 0.331 e. The van der Waals surface area contributed by atoms with Gasteiger partial charge in [-0.2, -0.15) is 0 Å². The van der Waals surface area contributed by atoms with E-state index in [0.29, 0.717) is 32.2 Å². The molecule has 1 amide bonds. The molecule has 6 nitrogen and oxygen atoms in total. The van der Waals surface area contributed by atoms with E-state index >= 15 is 0 Å². The highest BCUT2D eigenvalue weighted by Gasteiger charge is 2.27. The lowest BCUT2D eigenvalue weighted by atomic mass is 9.95. The number of benzene rings is 1. The minimum Gasteiger partial charge on any atom is -0.467 e. The number of carbonyl (C=O) groups is 3. The van der Waals surface area contributed by atoms with Gasteiger partial charge in [0.05, 0.1) is 13.7 Å². The molecule has 150 valence electrons. The molecule has 1 atom stereocenters. The summed E-state index contributed by atoms with van der Waals surface area (Å²) >= 11 is 0. The molecule has 6 heteroatoms. The van der Waals surface area contributed by atoms with E-state index in [1.54, 1.807) is 4.90 Å². The summed E-state index contributed by atoms with van der Waals surface area (Å²) in [7, 11) is 1.30. The van der Waals surface area contributed by atoms with E-state index in [1.807, 2.05) is 30.3 Å². The number of ether oxygens (including phenoxy) is 2. The van der Waals surface area contributed by atoms with E-state index in [-0.39, 0.29) is 30.9 Å². The Morgan fingerprint density at radius 3 is 2.75 bits per heavy atom. The summed E-state index contributed by atoms with van der Waals surface area (Å²) in [4.78, 5) is 37.3. The molecule has 1 fully saturated rings. The fraction of sp³-hybridized carbons (Fsp3) is 0.500. The van der Waals surface area contributed by atoms with E-state index in [1.165, 1.54) is 7.11 Å². The second kappa shape index (κ2) is 11.9. The van der Waals surface area contributed by atoms with Crippen molar-refractivity contribution in [2.45, 2.75) is 44.6 Å². The van der Waals surface area contributed by atoms with Crippen molar-refractivity contribution in [3.05, 3.63) is 35.9 Å². The summed E-state index contributed by atoms with van der Waals surface area (Å²) in [5, 5.41) is 0. The van der Waals surface area contributed by atoms with Crippen molar-refractivity contribution in [1.82, 2.24) is 4.90 Å². The fourth-order valence-electron chi connectivity index (χ4n) is 3.19. The molecule has 1 aliphatic heterocycles. The van der Waals surface area contributed by atoms with Gasteiger partial charge >= 0.3 is 5.97 Å². The number of hydrogen-bond acceptors (Lipinski definition) is 5. The Morgan fingerprint density at radius 2 is 2.00 bits per heavy atom. The summed E-state index contributed by atoms with van der Waals surface area (Å²) in [5.41, 5.74) is 1.02. The van der Waals surface area contributed by atoms with Gasteiger partial charge < -0.3 is 14.4 Å². The standard InChI is InChI=1S/C22H27NO5/c1-27-22(26)17-28-15-6-5-14-23-19(10-7-11-21(23)25)12-13-20(24)16-18-8-3-2-4-9-18/h2-4,8-9,19H,7,10-17H2,1H3/t19-/m1/s1. The minimum atomic E-state index is -0.451. The molecule has 0 N–H and O–H groups in total. The molecule has 1 aliphatic rings. The zero-order valence-electron chi connectivity index (χ0n) is 16.3. The lowest BCUT2D eigenvalue weighted by Gasteiger charge is -2.34. The van der Waals surface area contributed by atoms with Crippen molar-refractivity contribution in [3.63, 3.8) is 0 Å². The van der Waals surface area contributed by atoms with Crippen molar-refractivity contribution in [2.24, 2.45) is 0 Å². The molecule has 0 aliphatic carbocycles. The zero-order chi connectivity index (χ0) is 20.2. The normalized spacial score (nSPS) is 16.2. The van der Waals surface area contributed by atoms with Crippen LogP contribution in [-0.2, 0) is 30.3 Å². The molecule has 2 rings (SSSR count). The van der Waals surface area contributed by atoms with Crippen LogP contribution in [0.25, 0.3) is 0 Å². The van der Waals surface area contributed by atoms with Crippen LogP contribution in [-0.4, -0.2) is 55.5 Å². The van der Waals surface area contributed by atoms with Crippen LogP contribution in [0.5, 0.6) is 0 Å². The van der Waals surface area contributed by atoms with Crippen molar-refractivity contribution in [3.8, 4) is 11.8 Å². The maximum absolute atomic E-state index is 12.3. The summed E-state index contributed by atoms with van der Waals surface area (Å²) in [5.74, 6) is 5.55. The van der Waals surface area contributed by atoms with E-state index in [4.69, 9.17) is 4.74 Å². The van der Waals surface area contributed by atoms with Gasteiger partial charge in [0, 0.05) is 25.3 Å². The number of rotatable bonds is 9. The fourth-order valence-corrected chi connectivity index (χ4v) is 3.19. The van der Waals surface area contributed by atoms with Gasteiger partial charge in [-0.1, -0.05) is 42.2 Å². The first-order valence-corrected chi connectivity index (χ1v) is 9.55. The highest BCUT2D eigenvalue weighted by molar-refractivity contribution is 5.81. The van der Waals surface area contributed by atoms with Gasteiger partial charge in [-0.15, -0.1) is 0 Å². The number of carbonyl (C=O) groups excluding carboxylic acids is 3. The molecule has 0 aromatic heterocycles. The topological polar surface area (TPSA) is 72.9 Å². The van der Waals surface area contributed by atoms with Gasteiger partial charge in [-0.3, -0.25) is 9.59 Å². The third-order valence-electron chi connectivity index (χ3n) is 4.69. The van der Waals surface area contributed by atoms with Crippen LogP contribution in [0.1, 0.15) is 37.7 Å². The van der Waals surface area contributed by atoms with Gasteiger partial charge in [0.1, 0.15) is 19.0 Å². The molecule has 0 spiro atoms. The Kier molecular flexibility index (Phi) is 9.23. The van der Waals surface area contributed by atoms with Crippen molar-refractivity contribution < 1.29 is 23.9 Å². The Hall–Kier alpha value is -2.65. The predicted octanol–water partition coefficient (Wildman–Crippen LogP) is 2.15. The van der Waals surface area contributed by atoms with E-state index in [0.717, 1.165) is 18.4 Å². The Bertz CT molecular complexity index is 719. The number of ketones is 1. The lowest BCUT2D eigenvalue weighted by molar-refractivity contribution is -0.145. The number of methoxy groups -OCH3 is 1. The average Bonchev–Trinajstić information content (AvgIpc) is 2.70. The number of piperidine rings is 1. The van der Waals surface area contributed by atoms with Crippen LogP contribution in [0.2, 0.25) is 0 Å². The van der Waals surface area contributed by atoms with Crippen LogP contribution in [0.15, 0.2) is 30.3 Å². The minimum absolute atomic E-state index is 0.0475. The molecule has 1 heterocycles. The van der Waals surface area contributed by atoms with E-state index in [2.05, 4.69) is 16.6 Å². The molecule has 28 heavy (non-hydrogen) atoms.